The number of esters is 1. The molecule has 1 aromatic heterocycles. The van der Waals surface area contributed by atoms with Crippen LogP contribution in [-0.4, -0.2) is 35.4 Å². The molecule has 3 rings (SSSR count). The van der Waals surface area contributed by atoms with E-state index in [-0.39, 0.29) is 0 Å². The smallest absolute Gasteiger partial charge is 0.338 e. The molecular formula is C19H16ClN3O4. The topological polar surface area (TPSA) is 82.5 Å². The monoisotopic (exact) mass is 385 g/mol. The summed E-state index contributed by atoms with van der Waals surface area (Å²) >= 11 is 5.92. The molecule has 0 spiro atoms. The van der Waals surface area contributed by atoms with E-state index in [9.17, 15) is 9.59 Å². The average Bonchev–Trinajstić information content (AvgIpc) is 3.21. The minimum Gasteiger partial charge on any atom is -0.495 e. The number of carbonyl (C=O) groups is 2. The summed E-state index contributed by atoms with van der Waals surface area (Å²) in [6.45, 7) is -0.435. The van der Waals surface area contributed by atoms with Gasteiger partial charge in [-0.15, -0.1) is 0 Å². The molecule has 0 aliphatic carbocycles. The van der Waals surface area contributed by atoms with Gasteiger partial charge < -0.3 is 14.8 Å². The normalized spacial score (nSPS) is 10.3. The van der Waals surface area contributed by atoms with Crippen LogP contribution in [0.2, 0.25) is 5.02 Å². The van der Waals surface area contributed by atoms with Gasteiger partial charge >= 0.3 is 5.97 Å². The van der Waals surface area contributed by atoms with Crippen molar-refractivity contribution in [1.29, 1.82) is 0 Å². The summed E-state index contributed by atoms with van der Waals surface area (Å²) in [5, 5.41) is 7.15. The minimum absolute atomic E-state index is 0.332. The first kappa shape index (κ1) is 18.5. The second-order valence-corrected chi connectivity index (χ2v) is 5.90. The number of nitrogens with zero attached hydrogens (tertiary/aromatic N) is 2. The molecule has 7 nitrogen and oxygen atoms in total. The number of rotatable bonds is 6. The Labute approximate surface area is 160 Å². The highest BCUT2D eigenvalue weighted by molar-refractivity contribution is 6.31. The quantitative estimate of drug-likeness (QED) is 0.658. The lowest BCUT2D eigenvalue weighted by Gasteiger charge is -2.11. The van der Waals surface area contributed by atoms with E-state index in [4.69, 9.17) is 21.1 Å². The highest BCUT2D eigenvalue weighted by Gasteiger charge is 2.13. The van der Waals surface area contributed by atoms with Crippen LogP contribution in [0.15, 0.2) is 60.9 Å². The minimum atomic E-state index is -0.602. The first-order chi connectivity index (χ1) is 13.1. The lowest BCUT2D eigenvalue weighted by molar-refractivity contribution is -0.119. The number of ether oxygens (including phenoxy) is 2. The second-order valence-electron chi connectivity index (χ2n) is 5.47. The fourth-order valence-corrected chi connectivity index (χ4v) is 2.52. The van der Waals surface area contributed by atoms with Crippen molar-refractivity contribution in [3.05, 3.63) is 71.5 Å². The van der Waals surface area contributed by atoms with Crippen molar-refractivity contribution in [2.24, 2.45) is 0 Å². The second kappa shape index (κ2) is 8.37. The number of hydrogen-bond donors (Lipinski definition) is 1. The third-order valence-corrected chi connectivity index (χ3v) is 3.88. The standard InChI is InChI=1S/C19H16ClN3O4/c1-26-17-8-5-14(20)11-16(17)22-18(24)12-27-19(25)13-3-6-15(7-4-13)23-10-2-9-21-23/h2-11H,12H2,1H3,(H,22,24). The molecule has 3 aromatic rings. The molecule has 0 aliphatic rings. The van der Waals surface area contributed by atoms with E-state index >= 15 is 0 Å². The average molecular weight is 386 g/mol. The van der Waals surface area contributed by atoms with E-state index in [0.29, 0.717) is 22.0 Å². The first-order valence-electron chi connectivity index (χ1n) is 7.97. The maximum Gasteiger partial charge on any atom is 0.338 e. The molecule has 0 radical (unpaired) electrons. The Morgan fingerprint density at radius 2 is 1.96 bits per heavy atom. The molecule has 0 bridgehead atoms. The zero-order valence-corrected chi connectivity index (χ0v) is 15.1. The summed E-state index contributed by atoms with van der Waals surface area (Å²) in [5.41, 5.74) is 1.54. The Balaban J connectivity index is 1.57. The third kappa shape index (κ3) is 4.65. The maximum atomic E-state index is 12.1. The third-order valence-electron chi connectivity index (χ3n) is 3.64. The van der Waals surface area contributed by atoms with Crippen LogP contribution in [0.1, 0.15) is 10.4 Å². The Bertz CT molecular complexity index is 940. The molecule has 1 N–H and O–H groups in total. The van der Waals surface area contributed by atoms with Gasteiger partial charge in [0.2, 0.25) is 0 Å². The van der Waals surface area contributed by atoms with Gasteiger partial charge in [0, 0.05) is 17.4 Å². The molecule has 2 aromatic carbocycles. The van der Waals surface area contributed by atoms with E-state index in [1.54, 1.807) is 65.6 Å². The van der Waals surface area contributed by atoms with Gasteiger partial charge in [0.25, 0.3) is 5.91 Å². The van der Waals surface area contributed by atoms with Crippen LogP contribution in [-0.2, 0) is 9.53 Å². The van der Waals surface area contributed by atoms with Gasteiger partial charge in [0.1, 0.15) is 5.75 Å². The highest BCUT2D eigenvalue weighted by atomic mass is 35.5. The van der Waals surface area contributed by atoms with Crippen molar-refractivity contribution in [2.75, 3.05) is 19.0 Å². The van der Waals surface area contributed by atoms with Crippen LogP contribution >= 0.6 is 11.6 Å². The summed E-state index contributed by atoms with van der Waals surface area (Å²) in [7, 11) is 1.48. The molecule has 8 heteroatoms. The fraction of sp³-hybridized carbons (Fsp3) is 0.105. The Hall–Kier alpha value is -3.32. The molecular weight excluding hydrogens is 370 g/mol. The van der Waals surface area contributed by atoms with Crippen molar-refractivity contribution in [1.82, 2.24) is 9.78 Å². The number of aromatic nitrogens is 2. The van der Waals surface area contributed by atoms with Gasteiger partial charge in [0.05, 0.1) is 24.0 Å². The van der Waals surface area contributed by atoms with E-state index in [2.05, 4.69) is 10.4 Å². The number of carbonyl (C=O) groups excluding carboxylic acids is 2. The summed E-state index contributed by atoms with van der Waals surface area (Å²) < 4.78 is 11.9. The van der Waals surface area contributed by atoms with Crippen molar-refractivity contribution >= 4 is 29.2 Å². The predicted molar refractivity (Wildman–Crippen MR) is 100 cm³/mol. The number of anilines is 1. The summed E-state index contributed by atoms with van der Waals surface area (Å²) in [4.78, 5) is 24.1. The van der Waals surface area contributed by atoms with Gasteiger partial charge in [-0.25, -0.2) is 9.48 Å². The van der Waals surface area contributed by atoms with Crippen molar-refractivity contribution in [3.63, 3.8) is 0 Å². The molecule has 0 unspecified atom stereocenters. The van der Waals surface area contributed by atoms with Crippen LogP contribution in [0.3, 0.4) is 0 Å². The summed E-state index contributed by atoms with van der Waals surface area (Å²) in [5.74, 6) is -0.652. The molecule has 0 atom stereocenters. The summed E-state index contributed by atoms with van der Waals surface area (Å²) in [6.07, 6.45) is 3.46. The number of methoxy groups -OCH3 is 1. The molecule has 27 heavy (non-hydrogen) atoms. The lowest BCUT2D eigenvalue weighted by atomic mass is 10.2. The van der Waals surface area contributed by atoms with Crippen molar-refractivity contribution < 1.29 is 19.1 Å². The lowest BCUT2D eigenvalue weighted by Crippen LogP contribution is -2.21. The van der Waals surface area contributed by atoms with Crippen molar-refractivity contribution in [3.8, 4) is 11.4 Å². The van der Waals surface area contributed by atoms with Crippen LogP contribution in [0, 0.1) is 0 Å². The van der Waals surface area contributed by atoms with Gasteiger partial charge in [-0.1, -0.05) is 11.6 Å². The molecule has 0 aliphatic heterocycles. The van der Waals surface area contributed by atoms with Crippen LogP contribution in [0.5, 0.6) is 5.75 Å². The maximum absolute atomic E-state index is 12.1. The van der Waals surface area contributed by atoms with E-state index in [0.717, 1.165) is 5.69 Å². The number of halogens is 1. The van der Waals surface area contributed by atoms with Crippen molar-refractivity contribution in [2.45, 2.75) is 0 Å². The van der Waals surface area contributed by atoms with Crippen LogP contribution < -0.4 is 10.1 Å². The number of nitrogens with one attached hydrogen (secondary N) is 1. The summed E-state index contributed by atoms with van der Waals surface area (Å²) in [6, 6.07) is 13.3. The molecule has 0 saturated carbocycles. The SMILES string of the molecule is COc1ccc(Cl)cc1NC(=O)COC(=O)c1ccc(-n2cccn2)cc1. The number of hydrogen-bond acceptors (Lipinski definition) is 5. The number of amides is 1. The van der Waals surface area contributed by atoms with Gasteiger partial charge in [-0.3, -0.25) is 4.79 Å². The van der Waals surface area contributed by atoms with E-state index < -0.39 is 18.5 Å². The first-order valence-corrected chi connectivity index (χ1v) is 8.35. The fourth-order valence-electron chi connectivity index (χ4n) is 2.35. The molecule has 138 valence electrons. The van der Waals surface area contributed by atoms with E-state index in [1.807, 2.05) is 0 Å². The van der Waals surface area contributed by atoms with Crippen LogP contribution in [0.4, 0.5) is 5.69 Å². The molecule has 0 saturated heterocycles. The highest BCUT2D eigenvalue weighted by Crippen LogP contribution is 2.27. The van der Waals surface area contributed by atoms with Gasteiger partial charge in [-0.2, -0.15) is 5.10 Å². The Morgan fingerprint density at radius 1 is 1.19 bits per heavy atom. The molecule has 1 heterocycles. The van der Waals surface area contributed by atoms with Gasteiger partial charge in [-0.05, 0) is 48.5 Å². The number of benzene rings is 2. The van der Waals surface area contributed by atoms with Crippen LogP contribution in [0.25, 0.3) is 5.69 Å². The predicted octanol–water partition coefficient (Wildman–Crippen LogP) is 3.33. The zero-order chi connectivity index (χ0) is 19.2. The van der Waals surface area contributed by atoms with E-state index in [1.165, 1.54) is 7.11 Å². The molecule has 0 fully saturated rings. The molecule has 1 amide bonds. The zero-order valence-electron chi connectivity index (χ0n) is 14.4. The van der Waals surface area contributed by atoms with Gasteiger partial charge in [0.15, 0.2) is 6.61 Å². The Kier molecular flexibility index (Phi) is 5.73. The largest absolute Gasteiger partial charge is 0.495 e. The Morgan fingerprint density at radius 3 is 2.63 bits per heavy atom.